The van der Waals surface area contributed by atoms with Crippen LogP contribution in [0.1, 0.15) is 35.7 Å². The highest BCUT2D eigenvalue weighted by Crippen LogP contribution is 2.25. The summed E-state index contributed by atoms with van der Waals surface area (Å²) >= 11 is 0. The Kier molecular flexibility index (Phi) is 4.64. The van der Waals surface area contributed by atoms with Crippen molar-refractivity contribution in [2.75, 3.05) is 31.1 Å². The molecule has 1 aliphatic rings. The summed E-state index contributed by atoms with van der Waals surface area (Å²) in [5.41, 5.74) is 1.43. The van der Waals surface area contributed by atoms with Crippen molar-refractivity contribution in [3.8, 4) is 5.75 Å². The van der Waals surface area contributed by atoms with Gasteiger partial charge in [0.05, 0.1) is 5.56 Å². The highest BCUT2D eigenvalue weighted by atomic mass is 16.3. The van der Waals surface area contributed by atoms with Gasteiger partial charge in [0.2, 0.25) is 5.95 Å². The number of phenolic OH excluding ortho intramolecular Hbond substituents is 1. The van der Waals surface area contributed by atoms with Gasteiger partial charge in [0.1, 0.15) is 5.75 Å². The standard InChI is InChI=1S/C18H22N4O2/c1-13(2)14-4-5-16(23)15(12-14)17(24)21-8-10-22(11-9-21)18-19-6-3-7-20-18/h3-7,12-13,23H,8-11H2,1-2H3. The molecule has 24 heavy (non-hydrogen) atoms. The molecule has 2 heterocycles. The number of carbonyl (C=O) groups excluding carboxylic acids is 1. The maximum atomic E-state index is 12.8. The number of benzene rings is 1. The number of carbonyl (C=O) groups is 1. The van der Waals surface area contributed by atoms with E-state index in [0.717, 1.165) is 5.56 Å². The number of aromatic nitrogens is 2. The summed E-state index contributed by atoms with van der Waals surface area (Å²) in [6, 6.07) is 7.06. The van der Waals surface area contributed by atoms with Crippen LogP contribution in [0.25, 0.3) is 0 Å². The van der Waals surface area contributed by atoms with Crippen LogP contribution in [0.2, 0.25) is 0 Å². The van der Waals surface area contributed by atoms with Crippen molar-refractivity contribution in [1.82, 2.24) is 14.9 Å². The Balaban J connectivity index is 1.70. The molecule has 1 amide bonds. The van der Waals surface area contributed by atoms with Crippen LogP contribution in [0, 0.1) is 0 Å². The zero-order valence-electron chi connectivity index (χ0n) is 14.0. The molecule has 3 rings (SSSR count). The predicted octanol–water partition coefficient (Wildman–Crippen LogP) is 2.27. The first-order chi connectivity index (χ1) is 11.6. The van der Waals surface area contributed by atoms with Gasteiger partial charge >= 0.3 is 0 Å². The molecule has 0 unspecified atom stereocenters. The topological polar surface area (TPSA) is 69.6 Å². The van der Waals surface area contributed by atoms with Gasteiger partial charge in [-0.3, -0.25) is 4.79 Å². The third-order valence-electron chi connectivity index (χ3n) is 4.32. The van der Waals surface area contributed by atoms with Gasteiger partial charge in [0, 0.05) is 38.6 Å². The van der Waals surface area contributed by atoms with Crippen molar-refractivity contribution < 1.29 is 9.90 Å². The molecule has 0 saturated carbocycles. The van der Waals surface area contributed by atoms with E-state index in [4.69, 9.17) is 0 Å². The lowest BCUT2D eigenvalue weighted by atomic mass is 9.99. The number of anilines is 1. The Bertz CT molecular complexity index is 710. The molecule has 0 spiro atoms. The molecule has 0 bridgehead atoms. The lowest BCUT2D eigenvalue weighted by molar-refractivity contribution is 0.0743. The molecule has 1 saturated heterocycles. The molecule has 126 valence electrons. The third kappa shape index (κ3) is 3.32. The Morgan fingerprint density at radius 1 is 1.12 bits per heavy atom. The maximum absolute atomic E-state index is 12.8. The van der Waals surface area contributed by atoms with Crippen molar-refractivity contribution in [1.29, 1.82) is 0 Å². The average molecular weight is 326 g/mol. The molecule has 0 aliphatic carbocycles. The smallest absolute Gasteiger partial charge is 0.257 e. The second-order valence-corrected chi connectivity index (χ2v) is 6.26. The van der Waals surface area contributed by atoms with E-state index in [1.54, 1.807) is 35.5 Å². The van der Waals surface area contributed by atoms with Crippen molar-refractivity contribution in [2.24, 2.45) is 0 Å². The maximum Gasteiger partial charge on any atom is 0.257 e. The second kappa shape index (κ2) is 6.86. The van der Waals surface area contributed by atoms with Gasteiger partial charge in [-0.2, -0.15) is 0 Å². The number of amides is 1. The molecule has 0 atom stereocenters. The van der Waals surface area contributed by atoms with Gasteiger partial charge in [-0.1, -0.05) is 19.9 Å². The summed E-state index contributed by atoms with van der Waals surface area (Å²) in [6.45, 7) is 6.67. The fraction of sp³-hybridized carbons (Fsp3) is 0.389. The van der Waals surface area contributed by atoms with Crippen LogP contribution in [-0.2, 0) is 0 Å². The average Bonchev–Trinajstić information content (AvgIpc) is 2.62. The van der Waals surface area contributed by atoms with E-state index in [-0.39, 0.29) is 11.7 Å². The first-order valence-electron chi connectivity index (χ1n) is 8.20. The quantitative estimate of drug-likeness (QED) is 0.937. The van der Waals surface area contributed by atoms with Crippen molar-refractivity contribution in [3.63, 3.8) is 0 Å². The van der Waals surface area contributed by atoms with Crippen molar-refractivity contribution in [2.45, 2.75) is 19.8 Å². The monoisotopic (exact) mass is 326 g/mol. The van der Waals surface area contributed by atoms with E-state index < -0.39 is 0 Å². The minimum absolute atomic E-state index is 0.0400. The molecule has 1 N–H and O–H groups in total. The summed E-state index contributed by atoms with van der Waals surface area (Å²) in [5, 5.41) is 10.1. The number of piperazine rings is 1. The fourth-order valence-corrected chi connectivity index (χ4v) is 2.82. The Morgan fingerprint density at radius 2 is 1.79 bits per heavy atom. The highest BCUT2D eigenvalue weighted by molar-refractivity contribution is 5.97. The zero-order valence-corrected chi connectivity index (χ0v) is 14.0. The highest BCUT2D eigenvalue weighted by Gasteiger charge is 2.25. The molecule has 0 radical (unpaired) electrons. The molecular weight excluding hydrogens is 304 g/mol. The van der Waals surface area contributed by atoms with Gasteiger partial charge in [0.15, 0.2) is 0 Å². The molecule has 2 aromatic rings. The van der Waals surface area contributed by atoms with Gasteiger partial charge in [0.25, 0.3) is 5.91 Å². The number of hydrogen-bond acceptors (Lipinski definition) is 5. The van der Waals surface area contributed by atoms with Crippen LogP contribution in [0.3, 0.4) is 0 Å². The molecule has 6 nitrogen and oxygen atoms in total. The first kappa shape index (κ1) is 16.2. The van der Waals surface area contributed by atoms with Crippen LogP contribution >= 0.6 is 0 Å². The van der Waals surface area contributed by atoms with Crippen LogP contribution in [0.5, 0.6) is 5.75 Å². The lowest BCUT2D eigenvalue weighted by Gasteiger charge is -2.34. The number of hydrogen-bond donors (Lipinski definition) is 1. The Hall–Kier alpha value is -2.63. The molecule has 1 fully saturated rings. The normalized spacial score (nSPS) is 15.0. The van der Waals surface area contributed by atoms with Crippen LogP contribution in [0.4, 0.5) is 5.95 Å². The first-order valence-corrected chi connectivity index (χ1v) is 8.20. The molecule has 6 heteroatoms. The number of phenols is 1. The lowest BCUT2D eigenvalue weighted by Crippen LogP contribution is -2.49. The number of aromatic hydroxyl groups is 1. The number of rotatable bonds is 3. The number of nitrogens with zero attached hydrogens (tertiary/aromatic N) is 4. The predicted molar refractivity (Wildman–Crippen MR) is 92.3 cm³/mol. The minimum Gasteiger partial charge on any atom is -0.507 e. The van der Waals surface area contributed by atoms with E-state index >= 15 is 0 Å². The van der Waals surface area contributed by atoms with Crippen LogP contribution in [0.15, 0.2) is 36.7 Å². The van der Waals surface area contributed by atoms with E-state index in [1.807, 2.05) is 6.07 Å². The van der Waals surface area contributed by atoms with E-state index in [0.29, 0.717) is 43.6 Å². The third-order valence-corrected chi connectivity index (χ3v) is 4.32. The van der Waals surface area contributed by atoms with Crippen LogP contribution < -0.4 is 4.90 Å². The summed E-state index contributed by atoms with van der Waals surface area (Å²) in [4.78, 5) is 25.1. The largest absolute Gasteiger partial charge is 0.507 e. The van der Waals surface area contributed by atoms with Crippen molar-refractivity contribution >= 4 is 11.9 Å². The summed E-state index contributed by atoms with van der Waals surface area (Å²) in [5.74, 6) is 0.917. The van der Waals surface area contributed by atoms with E-state index in [9.17, 15) is 9.90 Å². The zero-order chi connectivity index (χ0) is 17.1. The Labute approximate surface area is 141 Å². The summed E-state index contributed by atoms with van der Waals surface area (Å²) < 4.78 is 0. The van der Waals surface area contributed by atoms with Gasteiger partial charge in [-0.05, 0) is 29.7 Å². The molecule has 1 aliphatic heterocycles. The van der Waals surface area contributed by atoms with Gasteiger partial charge < -0.3 is 14.9 Å². The van der Waals surface area contributed by atoms with E-state index in [2.05, 4.69) is 28.7 Å². The summed E-state index contributed by atoms with van der Waals surface area (Å²) in [6.07, 6.45) is 3.44. The second-order valence-electron chi connectivity index (χ2n) is 6.26. The molecular formula is C18H22N4O2. The molecule has 1 aromatic carbocycles. The van der Waals surface area contributed by atoms with Crippen molar-refractivity contribution in [3.05, 3.63) is 47.8 Å². The van der Waals surface area contributed by atoms with Crippen LogP contribution in [-0.4, -0.2) is 52.1 Å². The van der Waals surface area contributed by atoms with Gasteiger partial charge in [-0.25, -0.2) is 9.97 Å². The Morgan fingerprint density at radius 3 is 2.42 bits per heavy atom. The van der Waals surface area contributed by atoms with E-state index in [1.165, 1.54) is 0 Å². The van der Waals surface area contributed by atoms with Gasteiger partial charge in [-0.15, -0.1) is 0 Å². The summed E-state index contributed by atoms with van der Waals surface area (Å²) in [7, 11) is 0. The minimum atomic E-state index is -0.122. The molecule has 1 aromatic heterocycles. The fourth-order valence-electron chi connectivity index (χ4n) is 2.82. The SMILES string of the molecule is CC(C)c1ccc(O)c(C(=O)N2CCN(c3ncccn3)CC2)c1.